The molecule has 2 aliphatic heterocycles. The van der Waals surface area contributed by atoms with Crippen LogP contribution in [0.4, 0.5) is 5.82 Å². The molecule has 2 aromatic rings. The van der Waals surface area contributed by atoms with Crippen molar-refractivity contribution >= 4 is 29.2 Å². The van der Waals surface area contributed by atoms with Crippen molar-refractivity contribution in [2.75, 3.05) is 32.7 Å². The number of aromatic nitrogens is 2. The van der Waals surface area contributed by atoms with Gasteiger partial charge in [-0.15, -0.1) is 0 Å². The van der Waals surface area contributed by atoms with Crippen molar-refractivity contribution in [3.05, 3.63) is 35.2 Å². The van der Waals surface area contributed by atoms with Gasteiger partial charge in [-0.3, -0.25) is 10.00 Å². The Kier molecular flexibility index (Phi) is 8.68. The van der Waals surface area contributed by atoms with Crippen molar-refractivity contribution in [3.8, 4) is 11.5 Å². The van der Waals surface area contributed by atoms with E-state index in [4.69, 9.17) is 21.0 Å². The topological polar surface area (TPSA) is 85.1 Å². The Labute approximate surface area is 213 Å². The molecule has 1 atom stereocenters. The SMILES string of the molecule is CCC(CC(C)C)CN1CCN(C2=NC(=Nc3cc(-c4ccco4)[nH]n3)NC(Cl)=C(C)CC2)CC1. The average Bonchev–Trinajstić information content (AvgIpc) is 3.52. The Morgan fingerprint density at radius 1 is 1.20 bits per heavy atom. The van der Waals surface area contributed by atoms with Gasteiger partial charge in [0.05, 0.1) is 6.26 Å². The molecule has 0 bridgehead atoms. The Balaban J connectivity index is 1.46. The molecule has 4 rings (SSSR count). The van der Waals surface area contributed by atoms with Gasteiger partial charge < -0.3 is 14.6 Å². The van der Waals surface area contributed by atoms with Crippen LogP contribution in [-0.2, 0) is 0 Å². The second-order valence-corrected chi connectivity index (χ2v) is 10.4. The van der Waals surface area contributed by atoms with Crippen LogP contribution in [0.25, 0.3) is 11.5 Å². The number of furan rings is 1. The van der Waals surface area contributed by atoms with Gasteiger partial charge in [0.25, 0.3) is 0 Å². The molecular formula is C26H38ClN7O. The summed E-state index contributed by atoms with van der Waals surface area (Å²) in [7, 11) is 0. The molecule has 0 amide bonds. The molecule has 1 fully saturated rings. The van der Waals surface area contributed by atoms with Gasteiger partial charge in [-0.05, 0) is 49.3 Å². The van der Waals surface area contributed by atoms with Crippen molar-refractivity contribution in [1.82, 2.24) is 25.3 Å². The first kappa shape index (κ1) is 25.5. The first-order valence-electron chi connectivity index (χ1n) is 12.8. The maximum absolute atomic E-state index is 6.50. The molecule has 4 heterocycles. The number of hydrogen-bond donors (Lipinski definition) is 2. The van der Waals surface area contributed by atoms with Crippen LogP contribution in [0, 0.1) is 11.8 Å². The molecule has 0 radical (unpaired) electrons. The van der Waals surface area contributed by atoms with Crippen molar-refractivity contribution in [1.29, 1.82) is 0 Å². The zero-order valence-electron chi connectivity index (χ0n) is 21.4. The lowest BCUT2D eigenvalue weighted by molar-refractivity contribution is 0.149. The first-order valence-corrected chi connectivity index (χ1v) is 13.1. The van der Waals surface area contributed by atoms with E-state index in [-0.39, 0.29) is 0 Å². The second kappa shape index (κ2) is 11.9. The van der Waals surface area contributed by atoms with Crippen molar-refractivity contribution in [3.63, 3.8) is 0 Å². The highest BCUT2D eigenvalue weighted by atomic mass is 35.5. The molecule has 35 heavy (non-hydrogen) atoms. The number of piperazine rings is 1. The van der Waals surface area contributed by atoms with Crippen LogP contribution in [0.1, 0.15) is 53.4 Å². The number of rotatable bonds is 7. The van der Waals surface area contributed by atoms with E-state index in [2.05, 4.69) is 58.0 Å². The minimum absolute atomic E-state index is 0.451. The van der Waals surface area contributed by atoms with Crippen molar-refractivity contribution in [2.45, 2.75) is 53.4 Å². The van der Waals surface area contributed by atoms with Gasteiger partial charge in [0.2, 0.25) is 5.96 Å². The smallest absolute Gasteiger partial charge is 0.231 e. The molecule has 2 aliphatic rings. The molecule has 0 aliphatic carbocycles. The number of aromatic amines is 1. The van der Waals surface area contributed by atoms with Crippen molar-refractivity contribution < 1.29 is 4.42 Å². The molecule has 0 spiro atoms. The van der Waals surface area contributed by atoms with Crippen LogP contribution in [0.5, 0.6) is 0 Å². The lowest BCUT2D eigenvalue weighted by atomic mass is 9.94. The summed E-state index contributed by atoms with van der Waals surface area (Å²) in [4.78, 5) is 14.6. The molecule has 190 valence electrons. The van der Waals surface area contributed by atoms with Crippen LogP contribution >= 0.6 is 11.6 Å². The number of aliphatic imine (C=N–C) groups is 2. The highest BCUT2D eigenvalue weighted by Gasteiger charge is 2.24. The number of amidine groups is 1. The predicted octanol–water partition coefficient (Wildman–Crippen LogP) is 5.60. The first-order chi connectivity index (χ1) is 16.9. The quantitative estimate of drug-likeness (QED) is 0.484. The summed E-state index contributed by atoms with van der Waals surface area (Å²) in [5.74, 6) is 4.26. The van der Waals surface area contributed by atoms with Gasteiger partial charge in [0, 0.05) is 45.2 Å². The van der Waals surface area contributed by atoms with E-state index >= 15 is 0 Å². The van der Waals surface area contributed by atoms with E-state index in [0.29, 0.717) is 22.7 Å². The van der Waals surface area contributed by atoms with E-state index in [1.165, 1.54) is 19.4 Å². The van der Waals surface area contributed by atoms with E-state index in [1.54, 1.807) is 6.26 Å². The van der Waals surface area contributed by atoms with Gasteiger partial charge in [-0.2, -0.15) is 15.1 Å². The lowest BCUT2D eigenvalue weighted by Gasteiger charge is -2.38. The third-order valence-electron chi connectivity index (χ3n) is 6.76. The minimum atomic E-state index is 0.451. The van der Waals surface area contributed by atoms with Gasteiger partial charge in [-0.1, -0.05) is 38.8 Å². The van der Waals surface area contributed by atoms with Gasteiger partial charge >= 0.3 is 0 Å². The number of nitrogens with one attached hydrogen (secondary N) is 2. The fraction of sp³-hybridized carbons (Fsp3) is 0.577. The van der Waals surface area contributed by atoms with Crippen LogP contribution in [-0.4, -0.2) is 64.5 Å². The summed E-state index contributed by atoms with van der Waals surface area (Å²) in [5.41, 5.74) is 1.87. The summed E-state index contributed by atoms with van der Waals surface area (Å²) >= 11 is 6.50. The highest BCUT2D eigenvalue weighted by molar-refractivity contribution is 6.31. The summed E-state index contributed by atoms with van der Waals surface area (Å²) in [6.45, 7) is 14.3. The van der Waals surface area contributed by atoms with E-state index < -0.39 is 0 Å². The largest absolute Gasteiger partial charge is 0.463 e. The monoisotopic (exact) mass is 499 g/mol. The molecule has 2 N–H and O–H groups in total. The highest BCUT2D eigenvalue weighted by Crippen LogP contribution is 2.23. The van der Waals surface area contributed by atoms with E-state index in [9.17, 15) is 0 Å². The van der Waals surface area contributed by atoms with E-state index in [0.717, 1.165) is 68.0 Å². The molecule has 0 aromatic carbocycles. The minimum Gasteiger partial charge on any atom is -0.463 e. The normalized spacial score (nSPS) is 20.1. The van der Waals surface area contributed by atoms with Gasteiger partial charge in [0.1, 0.15) is 16.7 Å². The summed E-state index contributed by atoms with van der Waals surface area (Å²) < 4.78 is 5.44. The number of nitrogens with zero attached hydrogens (tertiary/aromatic N) is 5. The number of hydrogen-bond acceptors (Lipinski definition) is 5. The number of guanidine groups is 1. The molecule has 9 heteroatoms. The van der Waals surface area contributed by atoms with Crippen LogP contribution in [0.2, 0.25) is 0 Å². The summed E-state index contributed by atoms with van der Waals surface area (Å²) in [6.07, 6.45) is 5.89. The molecule has 2 aromatic heterocycles. The fourth-order valence-corrected chi connectivity index (χ4v) is 4.91. The molecule has 1 unspecified atom stereocenters. The van der Waals surface area contributed by atoms with Gasteiger partial charge in [-0.25, -0.2) is 0 Å². The maximum atomic E-state index is 6.50. The number of H-pyrrole nitrogens is 1. The number of allylic oxidation sites excluding steroid dienone is 1. The molecule has 0 saturated carbocycles. The van der Waals surface area contributed by atoms with Crippen molar-refractivity contribution in [2.24, 2.45) is 21.8 Å². The zero-order valence-corrected chi connectivity index (χ0v) is 22.1. The predicted molar refractivity (Wildman–Crippen MR) is 143 cm³/mol. The standard InChI is InChI=1S/C26H38ClN7O/c1-5-20(15-18(2)3)17-33-10-12-34(13-11-33)24-9-8-19(4)25(27)30-26(29-24)28-23-16-21(31-32-23)22-7-6-14-35-22/h6-7,14,16,18,20H,5,8-13,15,17H2,1-4H3,(H2,28,30,31,32). The third-order valence-corrected chi connectivity index (χ3v) is 7.18. The Bertz CT molecular complexity index is 1050. The van der Waals surface area contributed by atoms with Crippen LogP contribution < -0.4 is 5.32 Å². The third kappa shape index (κ3) is 6.98. The average molecular weight is 500 g/mol. The van der Waals surface area contributed by atoms with Crippen LogP contribution in [0.15, 0.2) is 49.6 Å². The van der Waals surface area contributed by atoms with Gasteiger partial charge in [0.15, 0.2) is 11.6 Å². The molecule has 1 saturated heterocycles. The summed E-state index contributed by atoms with van der Waals surface area (Å²) in [6, 6.07) is 5.56. The maximum Gasteiger partial charge on any atom is 0.231 e. The summed E-state index contributed by atoms with van der Waals surface area (Å²) in [5, 5.41) is 11.0. The number of halogens is 1. The zero-order chi connectivity index (χ0) is 24.8. The lowest BCUT2D eigenvalue weighted by Crippen LogP contribution is -2.50. The second-order valence-electron chi connectivity index (χ2n) is 9.99. The van der Waals surface area contributed by atoms with E-state index in [1.807, 2.05) is 18.2 Å². The fourth-order valence-electron chi connectivity index (χ4n) is 4.73. The van der Waals surface area contributed by atoms with Crippen LogP contribution in [0.3, 0.4) is 0 Å². The Hall–Kier alpha value is -2.58. The Morgan fingerprint density at radius 3 is 2.69 bits per heavy atom. The molecule has 8 nitrogen and oxygen atoms in total. The molecular weight excluding hydrogens is 462 g/mol. The Morgan fingerprint density at radius 2 is 2.00 bits per heavy atom.